The van der Waals surface area contributed by atoms with Crippen molar-refractivity contribution in [3.05, 3.63) is 47.8 Å². The highest BCUT2D eigenvalue weighted by Crippen LogP contribution is 2.22. The van der Waals surface area contributed by atoms with Gasteiger partial charge in [-0.3, -0.25) is 4.79 Å². The first-order valence-corrected chi connectivity index (χ1v) is 7.13. The molecule has 0 aliphatic heterocycles. The molecular formula is C15H19ClN4O. The first kappa shape index (κ1) is 15.5. The second kappa shape index (κ2) is 6.26. The smallest absolute Gasteiger partial charge is 0.254 e. The zero-order chi connectivity index (χ0) is 15.5. The lowest BCUT2D eigenvalue weighted by atomic mass is 9.86. The molecule has 2 aromatic rings. The van der Waals surface area contributed by atoms with Crippen LogP contribution in [0.2, 0.25) is 5.15 Å². The summed E-state index contributed by atoms with van der Waals surface area (Å²) in [5.74, 6) is -0.215. The number of nitrogens with one attached hydrogen (secondary N) is 1. The number of nitrogens with zero attached hydrogens (tertiary/aromatic N) is 3. The Hall–Kier alpha value is -1.88. The molecule has 0 aliphatic rings. The standard InChI is InChI=1S/C15H19ClN4O/c1-15(2,3)12(9-20-8-7-17-10-20)19-14(21)11-5-4-6-18-13(11)16/h4-8,10,12H,9H2,1-3H3,(H,19,21). The zero-order valence-electron chi connectivity index (χ0n) is 12.4. The lowest BCUT2D eigenvalue weighted by molar-refractivity contribution is 0.0892. The van der Waals surface area contributed by atoms with Gasteiger partial charge in [-0.2, -0.15) is 0 Å². The third kappa shape index (κ3) is 4.04. The Bertz CT molecular complexity index is 604. The van der Waals surface area contributed by atoms with Crippen molar-refractivity contribution in [1.82, 2.24) is 19.9 Å². The van der Waals surface area contributed by atoms with Gasteiger partial charge in [0.1, 0.15) is 5.15 Å². The summed E-state index contributed by atoms with van der Waals surface area (Å²) in [5.41, 5.74) is 0.285. The van der Waals surface area contributed by atoms with Crippen LogP contribution >= 0.6 is 11.6 Å². The Morgan fingerprint density at radius 1 is 1.43 bits per heavy atom. The Morgan fingerprint density at radius 3 is 2.76 bits per heavy atom. The van der Waals surface area contributed by atoms with Gasteiger partial charge in [-0.25, -0.2) is 9.97 Å². The van der Waals surface area contributed by atoms with Crippen LogP contribution in [0, 0.1) is 5.41 Å². The van der Waals surface area contributed by atoms with E-state index >= 15 is 0 Å². The van der Waals surface area contributed by atoms with Gasteiger partial charge in [-0.1, -0.05) is 32.4 Å². The van der Waals surface area contributed by atoms with E-state index in [4.69, 9.17) is 11.6 Å². The van der Waals surface area contributed by atoms with Crippen molar-refractivity contribution in [1.29, 1.82) is 0 Å². The fourth-order valence-electron chi connectivity index (χ4n) is 1.93. The molecule has 0 saturated carbocycles. The van der Waals surface area contributed by atoms with Gasteiger partial charge >= 0.3 is 0 Å². The minimum absolute atomic E-state index is 0.0597. The van der Waals surface area contributed by atoms with Crippen LogP contribution in [0.4, 0.5) is 0 Å². The number of rotatable bonds is 4. The van der Waals surface area contributed by atoms with E-state index in [1.54, 1.807) is 30.9 Å². The molecule has 112 valence electrons. The highest BCUT2D eigenvalue weighted by Gasteiger charge is 2.27. The Balaban J connectivity index is 2.16. The molecule has 5 nitrogen and oxygen atoms in total. The molecule has 0 fully saturated rings. The van der Waals surface area contributed by atoms with Crippen molar-refractivity contribution in [3.63, 3.8) is 0 Å². The molecule has 2 heterocycles. The van der Waals surface area contributed by atoms with Crippen LogP contribution in [-0.2, 0) is 6.54 Å². The first-order chi connectivity index (χ1) is 9.88. The fraction of sp³-hybridized carbons (Fsp3) is 0.400. The summed E-state index contributed by atoms with van der Waals surface area (Å²) in [6.07, 6.45) is 6.90. The molecule has 1 amide bonds. The minimum Gasteiger partial charge on any atom is -0.347 e. The number of hydrogen-bond acceptors (Lipinski definition) is 3. The summed E-state index contributed by atoms with van der Waals surface area (Å²) in [7, 11) is 0. The van der Waals surface area contributed by atoms with E-state index < -0.39 is 0 Å². The monoisotopic (exact) mass is 306 g/mol. The molecule has 0 saturated heterocycles. The molecule has 6 heteroatoms. The molecule has 21 heavy (non-hydrogen) atoms. The van der Waals surface area contributed by atoms with E-state index in [-0.39, 0.29) is 22.5 Å². The Labute approximate surface area is 129 Å². The molecule has 1 unspecified atom stereocenters. The van der Waals surface area contributed by atoms with Crippen molar-refractivity contribution < 1.29 is 4.79 Å². The van der Waals surface area contributed by atoms with Gasteiger partial charge in [0.25, 0.3) is 5.91 Å². The molecular weight excluding hydrogens is 288 g/mol. The lowest BCUT2D eigenvalue weighted by Crippen LogP contribution is -2.46. The average molecular weight is 307 g/mol. The fourth-order valence-corrected chi connectivity index (χ4v) is 2.14. The van der Waals surface area contributed by atoms with Gasteiger partial charge in [-0.05, 0) is 17.5 Å². The van der Waals surface area contributed by atoms with Crippen LogP contribution in [0.3, 0.4) is 0 Å². The summed E-state index contributed by atoms with van der Waals surface area (Å²) >= 11 is 5.97. The summed E-state index contributed by atoms with van der Waals surface area (Å²) in [4.78, 5) is 20.4. The molecule has 0 aliphatic carbocycles. The molecule has 0 bridgehead atoms. The van der Waals surface area contributed by atoms with Gasteiger partial charge in [0.15, 0.2) is 0 Å². The average Bonchev–Trinajstić information content (AvgIpc) is 2.90. The van der Waals surface area contributed by atoms with Gasteiger partial charge in [-0.15, -0.1) is 0 Å². The summed E-state index contributed by atoms with van der Waals surface area (Å²) in [6.45, 7) is 6.90. The third-order valence-corrected chi connectivity index (χ3v) is 3.61. The molecule has 0 radical (unpaired) electrons. The predicted molar refractivity (Wildman–Crippen MR) is 82.2 cm³/mol. The van der Waals surface area contributed by atoms with Gasteiger partial charge in [0.2, 0.25) is 0 Å². The second-order valence-electron chi connectivity index (χ2n) is 5.99. The van der Waals surface area contributed by atoms with Crippen LogP contribution in [-0.4, -0.2) is 26.5 Å². The Morgan fingerprint density at radius 2 is 2.19 bits per heavy atom. The van der Waals surface area contributed by atoms with Gasteiger partial charge in [0, 0.05) is 25.1 Å². The number of amides is 1. The van der Waals surface area contributed by atoms with E-state index in [2.05, 4.69) is 36.1 Å². The molecule has 0 spiro atoms. The van der Waals surface area contributed by atoms with Crippen LogP contribution in [0.15, 0.2) is 37.1 Å². The van der Waals surface area contributed by atoms with E-state index in [0.717, 1.165) is 0 Å². The largest absolute Gasteiger partial charge is 0.347 e. The number of imidazole rings is 1. The first-order valence-electron chi connectivity index (χ1n) is 6.75. The van der Waals surface area contributed by atoms with Gasteiger partial charge < -0.3 is 9.88 Å². The van der Waals surface area contributed by atoms with E-state index in [0.29, 0.717) is 12.1 Å². The molecule has 0 aromatic carbocycles. The van der Waals surface area contributed by atoms with Crippen LogP contribution < -0.4 is 5.32 Å². The quantitative estimate of drug-likeness (QED) is 0.884. The highest BCUT2D eigenvalue weighted by molar-refractivity contribution is 6.32. The lowest BCUT2D eigenvalue weighted by Gasteiger charge is -2.31. The number of carbonyl (C=O) groups excluding carboxylic acids is 1. The van der Waals surface area contributed by atoms with Crippen LogP contribution in [0.1, 0.15) is 31.1 Å². The van der Waals surface area contributed by atoms with Crippen molar-refractivity contribution in [3.8, 4) is 0 Å². The van der Waals surface area contributed by atoms with E-state index in [1.807, 2.05) is 10.8 Å². The zero-order valence-corrected chi connectivity index (χ0v) is 13.1. The molecule has 1 N–H and O–H groups in total. The topological polar surface area (TPSA) is 59.8 Å². The minimum atomic E-state index is -0.215. The number of pyridine rings is 1. The maximum atomic E-state index is 12.4. The van der Waals surface area contributed by atoms with Crippen LogP contribution in [0.25, 0.3) is 0 Å². The predicted octanol–water partition coefficient (Wildman–Crippen LogP) is 2.78. The van der Waals surface area contributed by atoms with E-state index in [1.165, 1.54) is 0 Å². The maximum absolute atomic E-state index is 12.4. The number of halogens is 1. The normalized spacial score (nSPS) is 13.0. The highest BCUT2D eigenvalue weighted by atomic mass is 35.5. The van der Waals surface area contributed by atoms with Gasteiger partial charge in [0.05, 0.1) is 17.9 Å². The molecule has 2 aromatic heterocycles. The number of aromatic nitrogens is 3. The van der Waals surface area contributed by atoms with Crippen molar-refractivity contribution >= 4 is 17.5 Å². The Kier molecular flexibility index (Phi) is 4.63. The summed E-state index contributed by atoms with van der Waals surface area (Å²) in [5, 5.41) is 3.25. The maximum Gasteiger partial charge on any atom is 0.254 e. The van der Waals surface area contributed by atoms with Crippen molar-refractivity contribution in [2.24, 2.45) is 5.41 Å². The molecule has 1 atom stereocenters. The van der Waals surface area contributed by atoms with Crippen LogP contribution in [0.5, 0.6) is 0 Å². The number of hydrogen-bond donors (Lipinski definition) is 1. The summed E-state index contributed by atoms with van der Waals surface area (Å²) < 4.78 is 1.95. The SMILES string of the molecule is CC(C)(C)C(Cn1ccnc1)NC(=O)c1cccnc1Cl. The number of carbonyl (C=O) groups is 1. The summed E-state index contributed by atoms with van der Waals surface area (Å²) in [6, 6.07) is 3.31. The van der Waals surface area contributed by atoms with Crippen molar-refractivity contribution in [2.45, 2.75) is 33.4 Å². The second-order valence-corrected chi connectivity index (χ2v) is 6.35. The molecule has 2 rings (SSSR count). The van der Waals surface area contributed by atoms with Crippen molar-refractivity contribution in [2.75, 3.05) is 0 Å². The van der Waals surface area contributed by atoms with E-state index in [9.17, 15) is 4.79 Å². The third-order valence-electron chi connectivity index (χ3n) is 3.31.